The molecule has 0 bridgehead atoms. The lowest BCUT2D eigenvalue weighted by atomic mass is 9.72. The first-order valence-electron chi connectivity index (χ1n) is 13.7. The van der Waals surface area contributed by atoms with Gasteiger partial charge >= 0.3 is 5.97 Å². The zero-order valence-electron chi connectivity index (χ0n) is 23.9. The minimum absolute atomic E-state index is 0.0667. The monoisotopic (exact) mass is 567 g/mol. The maximum atomic E-state index is 13.6. The molecule has 0 radical (unpaired) electrons. The molecule has 0 fully saturated rings. The minimum atomic E-state index is -1.17. The molecule has 41 heavy (non-hydrogen) atoms. The summed E-state index contributed by atoms with van der Waals surface area (Å²) in [5.41, 5.74) is 2.70. The molecule has 210 valence electrons. The van der Waals surface area contributed by atoms with Crippen LogP contribution in [0.15, 0.2) is 59.4 Å². The molecule has 8 heteroatoms. The predicted molar refractivity (Wildman–Crippen MR) is 162 cm³/mol. The Hall–Kier alpha value is -4.22. The highest BCUT2D eigenvalue weighted by atomic mass is 32.1. The van der Waals surface area contributed by atoms with E-state index in [0.717, 1.165) is 35.3 Å². The number of pyridine rings is 1. The van der Waals surface area contributed by atoms with Crippen molar-refractivity contribution in [2.45, 2.75) is 53.1 Å². The number of esters is 1. The molecule has 5 rings (SSSR count). The molecule has 2 atom stereocenters. The van der Waals surface area contributed by atoms with Gasteiger partial charge in [0.05, 0.1) is 5.56 Å². The lowest BCUT2D eigenvalue weighted by Gasteiger charge is -2.33. The summed E-state index contributed by atoms with van der Waals surface area (Å²) in [6.45, 7) is 8.18. The second-order valence-corrected chi connectivity index (χ2v) is 12.8. The first kappa shape index (κ1) is 28.3. The van der Waals surface area contributed by atoms with Crippen molar-refractivity contribution in [2.24, 2.45) is 18.4 Å². The Labute approximate surface area is 243 Å². The van der Waals surface area contributed by atoms with E-state index >= 15 is 0 Å². The zero-order chi connectivity index (χ0) is 29.5. The van der Waals surface area contributed by atoms with Crippen molar-refractivity contribution in [2.75, 3.05) is 5.32 Å². The molecule has 0 aliphatic heterocycles. The number of rotatable bonds is 5. The number of amides is 1. The number of nitriles is 1. The highest BCUT2D eigenvalue weighted by molar-refractivity contribution is 7.16. The molecule has 0 spiro atoms. The van der Waals surface area contributed by atoms with E-state index in [1.165, 1.54) is 29.9 Å². The van der Waals surface area contributed by atoms with Crippen molar-refractivity contribution >= 4 is 39.0 Å². The molecule has 1 aliphatic rings. The standard InChI is InChI=1S/C33H33N3O4S/c1-19(29(37)35-30-25(18-34)22-16-15-21(33(2,3)4)17-26(22)41-30)40-32(39)28-27(20-11-7-6-8-12-20)23-13-9-10-14-24(23)31(38)36(28)5/h6-14,19,21H,15-17H2,1-5H3,(H,35,37). The van der Waals surface area contributed by atoms with Crippen LogP contribution in [0.1, 0.15) is 60.6 Å². The highest BCUT2D eigenvalue weighted by Gasteiger charge is 2.33. The van der Waals surface area contributed by atoms with Crippen molar-refractivity contribution < 1.29 is 14.3 Å². The lowest BCUT2D eigenvalue weighted by Crippen LogP contribution is -2.32. The van der Waals surface area contributed by atoms with Gasteiger partial charge in [0.2, 0.25) is 0 Å². The Balaban J connectivity index is 1.43. The number of benzene rings is 2. The van der Waals surface area contributed by atoms with E-state index in [0.29, 0.717) is 32.8 Å². The summed E-state index contributed by atoms with van der Waals surface area (Å²) in [6.07, 6.45) is 1.50. The van der Waals surface area contributed by atoms with Crippen molar-refractivity contribution in [3.05, 3.63) is 86.6 Å². The number of ether oxygens (including phenoxy) is 1. The van der Waals surface area contributed by atoms with Gasteiger partial charge in [-0.15, -0.1) is 11.3 Å². The Bertz CT molecular complexity index is 1760. The molecule has 4 aromatic rings. The van der Waals surface area contributed by atoms with Gasteiger partial charge in [0.1, 0.15) is 16.8 Å². The molecule has 2 heterocycles. The SMILES string of the molecule is CC(OC(=O)c1c(-c2ccccc2)c2ccccc2c(=O)n1C)C(=O)Nc1sc2c(c1C#N)CCC(C(C)(C)C)C2. The summed E-state index contributed by atoms with van der Waals surface area (Å²) in [4.78, 5) is 41.2. The Morgan fingerprint density at radius 1 is 1.10 bits per heavy atom. The number of anilines is 1. The predicted octanol–water partition coefficient (Wildman–Crippen LogP) is 6.47. The number of nitrogens with zero attached hydrogens (tertiary/aromatic N) is 2. The van der Waals surface area contributed by atoms with E-state index in [1.807, 2.05) is 36.4 Å². The van der Waals surface area contributed by atoms with E-state index in [4.69, 9.17) is 4.74 Å². The summed E-state index contributed by atoms with van der Waals surface area (Å²) >= 11 is 1.43. The van der Waals surface area contributed by atoms with Gasteiger partial charge in [0.25, 0.3) is 11.5 Å². The summed E-state index contributed by atoms with van der Waals surface area (Å²) < 4.78 is 6.95. The van der Waals surface area contributed by atoms with Crippen LogP contribution in [0.25, 0.3) is 21.9 Å². The fraction of sp³-hybridized carbons (Fsp3) is 0.333. The fourth-order valence-corrected chi connectivity index (χ4v) is 6.90. The molecule has 1 amide bonds. The topological polar surface area (TPSA) is 101 Å². The quantitative estimate of drug-likeness (QED) is 0.279. The second kappa shape index (κ2) is 11.0. The summed E-state index contributed by atoms with van der Waals surface area (Å²) in [5.74, 6) is -0.820. The number of fused-ring (bicyclic) bond motifs is 2. The second-order valence-electron chi connectivity index (χ2n) is 11.7. The van der Waals surface area contributed by atoms with Crippen LogP contribution in [0, 0.1) is 22.7 Å². The number of aromatic nitrogens is 1. The Morgan fingerprint density at radius 2 is 1.76 bits per heavy atom. The van der Waals surface area contributed by atoms with Crippen molar-refractivity contribution in [1.82, 2.24) is 4.57 Å². The van der Waals surface area contributed by atoms with Gasteiger partial charge in [-0.3, -0.25) is 9.59 Å². The van der Waals surface area contributed by atoms with Crippen molar-refractivity contribution in [3.8, 4) is 17.2 Å². The van der Waals surface area contributed by atoms with Crippen LogP contribution in [0.3, 0.4) is 0 Å². The third-order valence-electron chi connectivity index (χ3n) is 8.05. The molecular weight excluding hydrogens is 534 g/mol. The molecule has 0 saturated carbocycles. The molecule has 2 unspecified atom stereocenters. The zero-order valence-corrected chi connectivity index (χ0v) is 24.7. The van der Waals surface area contributed by atoms with Crippen LogP contribution in [0.4, 0.5) is 5.00 Å². The van der Waals surface area contributed by atoms with E-state index < -0.39 is 18.0 Å². The number of thiophene rings is 1. The van der Waals surface area contributed by atoms with Gasteiger partial charge in [-0.05, 0) is 60.1 Å². The van der Waals surface area contributed by atoms with Crippen molar-refractivity contribution in [1.29, 1.82) is 5.26 Å². The molecule has 0 saturated heterocycles. The largest absolute Gasteiger partial charge is 0.448 e. The van der Waals surface area contributed by atoms with Gasteiger partial charge in [-0.25, -0.2) is 4.79 Å². The van der Waals surface area contributed by atoms with Gasteiger partial charge in [-0.2, -0.15) is 5.26 Å². The third-order valence-corrected chi connectivity index (χ3v) is 9.22. The van der Waals surface area contributed by atoms with E-state index in [1.54, 1.807) is 18.2 Å². The molecule has 1 N–H and O–H groups in total. The highest BCUT2D eigenvalue weighted by Crippen LogP contribution is 2.44. The van der Waals surface area contributed by atoms with Crippen LogP contribution >= 0.6 is 11.3 Å². The van der Waals surface area contributed by atoms with Crippen LogP contribution < -0.4 is 10.9 Å². The number of nitrogens with one attached hydrogen (secondary N) is 1. The molecule has 2 aromatic heterocycles. The first-order valence-corrected chi connectivity index (χ1v) is 14.6. The van der Waals surface area contributed by atoms with E-state index in [-0.39, 0.29) is 16.7 Å². The minimum Gasteiger partial charge on any atom is -0.448 e. The summed E-state index contributed by atoms with van der Waals surface area (Å²) in [7, 11) is 1.53. The number of carbonyl (C=O) groups is 2. The van der Waals surface area contributed by atoms with Crippen LogP contribution in [-0.4, -0.2) is 22.5 Å². The van der Waals surface area contributed by atoms with Gasteiger partial charge < -0.3 is 14.6 Å². The van der Waals surface area contributed by atoms with Gasteiger partial charge in [0.15, 0.2) is 6.10 Å². The van der Waals surface area contributed by atoms with Gasteiger partial charge in [0, 0.05) is 22.9 Å². The Morgan fingerprint density at radius 3 is 2.41 bits per heavy atom. The van der Waals surface area contributed by atoms with Gasteiger partial charge in [-0.1, -0.05) is 69.3 Å². The lowest BCUT2D eigenvalue weighted by molar-refractivity contribution is -0.123. The molecule has 1 aliphatic carbocycles. The first-order chi connectivity index (χ1) is 19.5. The molecule has 7 nitrogen and oxygen atoms in total. The Kier molecular flexibility index (Phi) is 7.58. The average molecular weight is 568 g/mol. The van der Waals surface area contributed by atoms with Crippen molar-refractivity contribution in [3.63, 3.8) is 0 Å². The van der Waals surface area contributed by atoms with E-state index in [9.17, 15) is 19.6 Å². The smallest absolute Gasteiger partial charge is 0.356 e. The average Bonchev–Trinajstić information content (AvgIpc) is 3.30. The van der Waals surface area contributed by atoms with Crippen LogP contribution in [0.5, 0.6) is 0 Å². The molecule has 2 aromatic carbocycles. The summed E-state index contributed by atoms with van der Waals surface area (Å²) in [6, 6.07) is 18.7. The normalized spacial score (nSPS) is 15.6. The maximum Gasteiger partial charge on any atom is 0.356 e. The number of hydrogen-bond donors (Lipinski definition) is 1. The maximum absolute atomic E-state index is 13.6. The third kappa shape index (κ3) is 5.30. The van der Waals surface area contributed by atoms with Crippen LogP contribution in [-0.2, 0) is 29.4 Å². The van der Waals surface area contributed by atoms with Crippen LogP contribution in [0.2, 0.25) is 0 Å². The van der Waals surface area contributed by atoms with E-state index in [2.05, 4.69) is 32.2 Å². The number of carbonyl (C=O) groups excluding carboxylic acids is 2. The number of hydrogen-bond acceptors (Lipinski definition) is 6. The fourth-order valence-electron chi connectivity index (χ4n) is 5.62. The molecular formula is C33H33N3O4S. The summed E-state index contributed by atoms with van der Waals surface area (Å²) in [5, 5.41) is 14.3.